The van der Waals surface area contributed by atoms with Crippen molar-refractivity contribution in [2.24, 2.45) is 5.73 Å². The molecule has 2 aromatic carbocycles. The lowest BCUT2D eigenvalue weighted by Gasteiger charge is -2.19. The fourth-order valence-corrected chi connectivity index (χ4v) is 3.64. The maximum Gasteiger partial charge on any atom is 0.262 e. The largest absolute Gasteiger partial charge is 0.497 e. The highest BCUT2D eigenvalue weighted by molar-refractivity contribution is 7.92. The third-order valence-corrected chi connectivity index (χ3v) is 5.31. The molecule has 0 aliphatic carbocycles. The second kappa shape index (κ2) is 7.98. The number of anilines is 1. The number of nitrogens with one attached hydrogen (secondary N) is 2. The maximum absolute atomic E-state index is 12.8. The summed E-state index contributed by atoms with van der Waals surface area (Å²) in [7, 11) is -2.33. The second-order valence-corrected chi connectivity index (χ2v) is 8.64. The number of aryl methyl sites for hydroxylation is 1. The van der Waals surface area contributed by atoms with Crippen LogP contribution in [0.15, 0.2) is 47.4 Å². The Hall–Kier alpha value is -2.58. The van der Waals surface area contributed by atoms with E-state index in [1.54, 1.807) is 57.2 Å². The lowest BCUT2D eigenvalue weighted by atomic mass is 10.1. The number of benzene rings is 2. The van der Waals surface area contributed by atoms with Gasteiger partial charge >= 0.3 is 0 Å². The van der Waals surface area contributed by atoms with Crippen LogP contribution in [0.2, 0.25) is 0 Å². The van der Waals surface area contributed by atoms with Crippen molar-refractivity contribution in [3.63, 3.8) is 0 Å². The zero-order valence-electron chi connectivity index (χ0n) is 15.9. The molecule has 146 valence electrons. The minimum atomic E-state index is -3.86. The number of ether oxygens (including phenoxy) is 1. The number of methoxy groups -OCH3 is 1. The van der Waals surface area contributed by atoms with Gasteiger partial charge in [0.15, 0.2) is 0 Å². The number of carbonyl (C=O) groups excluding carboxylic acids is 1. The van der Waals surface area contributed by atoms with Gasteiger partial charge < -0.3 is 15.8 Å². The summed E-state index contributed by atoms with van der Waals surface area (Å²) in [6, 6.07) is 11.1. The van der Waals surface area contributed by atoms with Gasteiger partial charge in [-0.25, -0.2) is 8.42 Å². The summed E-state index contributed by atoms with van der Waals surface area (Å²) in [5, 5.41) is 2.71. The quantitative estimate of drug-likeness (QED) is 0.671. The monoisotopic (exact) mass is 391 g/mol. The summed E-state index contributed by atoms with van der Waals surface area (Å²) in [5.74, 6) is 0.241. The number of nitrogens with two attached hydrogens (primary N) is 1. The molecule has 0 atom stereocenters. The average Bonchev–Trinajstić information content (AvgIpc) is 2.59. The zero-order chi connectivity index (χ0) is 20.2. The van der Waals surface area contributed by atoms with Crippen molar-refractivity contribution >= 4 is 21.6 Å². The average molecular weight is 391 g/mol. The number of carbonyl (C=O) groups is 1. The van der Waals surface area contributed by atoms with Crippen molar-refractivity contribution in [1.29, 1.82) is 0 Å². The summed E-state index contributed by atoms with van der Waals surface area (Å²) >= 11 is 0. The summed E-state index contributed by atoms with van der Waals surface area (Å²) in [4.78, 5) is 12.4. The van der Waals surface area contributed by atoms with Crippen LogP contribution in [0, 0.1) is 6.92 Å². The predicted octanol–water partition coefficient (Wildman–Crippen LogP) is 2.27. The van der Waals surface area contributed by atoms with Crippen molar-refractivity contribution in [3.8, 4) is 5.75 Å². The van der Waals surface area contributed by atoms with E-state index in [4.69, 9.17) is 10.5 Å². The van der Waals surface area contributed by atoms with E-state index in [1.165, 1.54) is 13.2 Å². The fourth-order valence-electron chi connectivity index (χ4n) is 2.31. The molecule has 27 heavy (non-hydrogen) atoms. The van der Waals surface area contributed by atoms with Crippen LogP contribution in [-0.2, 0) is 10.0 Å². The Morgan fingerprint density at radius 1 is 1.15 bits per heavy atom. The first-order valence-corrected chi connectivity index (χ1v) is 9.85. The summed E-state index contributed by atoms with van der Waals surface area (Å²) < 4.78 is 33.1. The Morgan fingerprint density at radius 3 is 2.33 bits per heavy atom. The van der Waals surface area contributed by atoms with Crippen LogP contribution in [-0.4, -0.2) is 33.5 Å². The molecule has 4 N–H and O–H groups in total. The van der Waals surface area contributed by atoms with Gasteiger partial charge in [-0.05, 0) is 62.7 Å². The molecular formula is C19H25N3O4S. The van der Waals surface area contributed by atoms with E-state index < -0.39 is 15.6 Å². The van der Waals surface area contributed by atoms with Gasteiger partial charge in [0.1, 0.15) is 5.75 Å². The molecule has 0 spiro atoms. The molecule has 0 saturated carbocycles. The van der Waals surface area contributed by atoms with Gasteiger partial charge in [-0.15, -0.1) is 0 Å². The number of rotatable bonds is 7. The van der Waals surface area contributed by atoms with Crippen molar-refractivity contribution < 1.29 is 17.9 Å². The third-order valence-electron chi connectivity index (χ3n) is 3.79. The smallest absolute Gasteiger partial charge is 0.262 e. The highest BCUT2D eigenvalue weighted by Crippen LogP contribution is 2.22. The molecule has 7 nitrogen and oxygen atoms in total. The molecule has 8 heteroatoms. The van der Waals surface area contributed by atoms with Gasteiger partial charge in [-0.2, -0.15) is 0 Å². The van der Waals surface area contributed by atoms with E-state index in [1.807, 2.05) is 0 Å². The summed E-state index contributed by atoms with van der Waals surface area (Å²) in [6.45, 7) is 5.52. The van der Waals surface area contributed by atoms with E-state index in [0.29, 0.717) is 17.0 Å². The normalized spacial score (nSPS) is 11.7. The molecule has 0 unspecified atom stereocenters. The van der Waals surface area contributed by atoms with Gasteiger partial charge in [-0.3, -0.25) is 9.52 Å². The lowest BCUT2D eigenvalue weighted by Crippen LogP contribution is -2.45. The molecule has 2 aromatic rings. The predicted molar refractivity (Wildman–Crippen MR) is 106 cm³/mol. The molecule has 0 saturated heterocycles. The van der Waals surface area contributed by atoms with Gasteiger partial charge in [0.25, 0.3) is 15.9 Å². The number of hydrogen-bond acceptors (Lipinski definition) is 5. The van der Waals surface area contributed by atoms with Crippen molar-refractivity contribution in [2.75, 3.05) is 18.4 Å². The Balaban J connectivity index is 2.26. The fraction of sp³-hybridized carbons (Fsp3) is 0.316. The number of hydrogen-bond donors (Lipinski definition) is 3. The first kappa shape index (κ1) is 20.7. The molecule has 1 amide bonds. The van der Waals surface area contributed by atoms with Crippen LogP contribution in [0.1, 0.15) is 29.8 Å². The Bertz CT molecular complexity index is 917. The first-order chi connectivity index (χ1) is 12.5. The van der Waals surface area contributed by atoms with Crippen LogP contribution in [0.5, 0.6) is 5.75 Å². The molecule has 0 fully saturated rings. The Labute approximate surface area is 160 Å². The van der Waals surface area contributed by atoms with Crippen LogP contribution in [0.4, 0.5) is 5.69 Å². The molecule has 0 aliphatic rings. The molecule has 0 heterocycles. The van der Waals surface area contributed by atoms with Crippen LogP contribution >= 0.6 is 0 Å². The second-order valence-electron chi connectivity index (χ2n) is 6.99. The first-order valence-electron chi connectivity index (χ1n) is 8.36. The number of amides is 1. The van der Waals surface area contributed by atoms with E-state index >= 15 is 0 Å². The van der Waals surface area contributed by atoms with Crippen LogP contribution < -0.4 is 20.5 Å². The number of sulfonamides is 1. The minimum absolute atomic E-state index is 0.0398. The van der Waals surface area contributed by atoms with Crippen molar-refractivity contribution in [1.82, 2.24) is 5.32 Å². The molecule has 0 bridgehead atoms. The van der Waals surface area contributed by atoms with Crippen LogP contribution in [0.3, 0.4) is 0 Å². The molecule has 0 aliphatic heterocycles. The summed E-state index contributed by atoms with van der Waals surface area (Å²) in [5.41, 5.74) is 6.48. The highest BCUT2D eigenvalue weighted by atomic mass is 32.2. The Kier molecular flexibility index (Phi) is 6.12. The standard InChI is InChI=1S/C19H25N3O4S/c1-13-5-6-14(18(23)21-12-19(2,3)20)11-17(13)27(24,25)22-15-7-9-16(26-4)10-8-15/h5-11,22H,12,20H2,1-4H3,(H,21,23). The van der Waals surface area contributed by atoms with E-state index in [0.717, 1.165) is 0 Å². The SMILES string of the molecule is COc1ccc(NS(=O)(=O)c2cc(C(=O)NCC(C)(C)N)ccc2C)cc1. The van der Waals surface area contributed by atoms with Crippen molar-refractivity contribution in [2.45, 2.75) is 31.2 Å². The van der Waals surface area contributed by atoms with E-state index in [9.17, 15) is 13.2 Å². The molecule has 0 radical (unpaired) electrons. The summed E-state index contributed by atoms with van der Waals surface area (Å²) in [6.07, 6.45) is 0. The maximum atomic E-state index is 12.8. The lowest BCUT2D eigenvalue weighted by molar-refractivity contribution is 0.0946. The Morgan fingerprint density at radius 2 is 1.78 bits per heavy atom. The van der Waals surface area contributed by atoms with Gasteiger partial charge in [0.2, 0.25) is 0 Å². The van der Waals surface area contributed by atoms with Gasteiger partial charge in [0.05, 0.1) is 12.0 Å². The van der Waals surface area contributed by atoms with Crippen LogP contribution in [0.25, 0.3) is 0 Å². The van der Waals surface area contributed by atoms with Crippen molar-refractivity contribution in [3.05, 3.63) is 53.6 Å². The molecule has 2 rings (SSSR count). The molecular weight excluding hydrogens is 366 g/mol. The minimum Gasteiger partial charge on any atom is -0.497 e. The third kappa shape index (κ3) is 5.70. The topological polar surface area (TPSA) is 111 Å². The van der Waals surface area contributed by atoms with Gasteiger partial charge in [0, 0.05) is 23.3 Å². The van der Waals surface area contributed by atoms with E-state index in [2.05, 4.69) is 10.0 Å². The van der Waals surface area contributed by atoms with Gasteiger partial charge in [-0.1, -0.05) is 6.07 Å². The highest BCUT2D eigenvalue weighted by Gasteiger charge is 2.20. The molecule has 0 aromatic heterocycles. The van der Waals surface area contributed by atoms with E-state index in [-0.39, 0.29) is 22.9 Å². The zero-order valence-corrected chi connectivity index (χ0v) is 16.7.